The Bertz CT molecular complexity index is 1170. The average Bonchev–Trinajstić information content (AvgIpc) is 3.33. The second-order valence-electron chi connectivity index (χ2n) is 19.6. The van der Waals surface area contributed by atoms with Crippen molar-refractivity contribution in [2.45, 2.75) is 309 Å². The second-order valence-corrected chi connectivity index (χ2v) is 19.6. The van der Waals surface area contributed by atoms with Gasteiger partial charge in [-0.1, -0.05) is 249 Å². The molecule has 67 heavy (non-hydrogen) atoms. The van der Waals surface area contributed by atoms with E-state index in [1.807, 2.05) is 0 Å². The Morgan fingerprint density at radius 2 is 0.537 bits per heavy atom. The molecule has 0 N–H and O–H groups in total. The van der Waals surface area contributed by atoms with E-state index in [0.29, 0.717) is 19.3 Å². The van der Waals surface area contributed by atoms with E-state index in [-0.39, 0.29) is 31.1 Å². The van der Waals surface area contributed by atoms with Gasteiger partial charge in [0.25, 0.3) is 0 Å². The van der Waals surface area contributed by atoms with Gasteiger partial charge < -0.3 is 14.2 Å². The third kappa shape index (κ3) is 54.2. The normalized spacial score (nSPS) is 12.3. The molecule has 0 aliphatic carbocycles. The lowest BCUT2D eigenvalue weighted by atomic mass is 10.0. The molecule has 0 saturated carbocycles. The van der Waals surface area contributed by atoms with Gasteiger partial charge in [0, 0.05) is 19.3 Å². The molecule has 0 fully saturated rings. The molecular formula is C61H110O6. The minimum absolute atomic E-state index is 0.0791. The SMILES string of the molecule is CCCCC/C=C/C/C=C/C/C=C/CCCCCCC(=O)OC[C@@H](COC(=O)CCCCCCCCCCCCCCCCC)OC(=O)CCCCCCCCC/C=C/CCCCCCCC. The third-order valence-electron chi connectivity index (χ3n) is 12.8. The molecule has 0 aromatic heterocycles. The van der Waals surface area contributed by atoms with Gasteiger partial charge in [-0.05, 0) is 83.5 Å². The van der Waals surface area contributed by atoms with Crippen molar-refractivity contribution in [1.29, 1.82) is 0 Å². The van der Waals surface area contributed by atoms with Crippen LogP contribution in [-0.2, 0) is 28.6 Å². The number of carbonyl (C=O) groups excluding carboxylic acids is 3. The average molecular weight is 940 g/mol. The van der Waals surface area contributed by atoms with Crippen LogP contribution in [0.4, 0.5) is 0 Å². The van der Waals surface area contributed by atoms with Gasteiger partial charge in [0.05, 0.1) is 0 Å². The lowest BCUT2D eigenvalue weighted by Crippen LogP contribution is -2.30. The number of unbranched alkanes of at least 4 members (excludes halogenated alkanes) is 34. The highest BCUT2D eigenvalue weighted by Crippen LogP contribution is 2.16. The van der Waals surface area contributed by atoms with Crippen molar-refractivity contribution in [2.75, 3.05) is 13.2 Å². The zero-order valence-corrected chi connectivity index (χ0v) is 44.7. The number of hydrogen-bond donors (Lipinski definition) is 0. The van der Waals surface area contributed by atoms with Crippen molar-refractivity contribution in [3.05, 3.63) is 48.6 Å². The fraction of sp³-hybridized carbons (Fsp3) is 0.820. The number of esters is 3. The molecule has 0 aromatic carbocycles. The lowest BCUT2D eigenvalue weighted by Gasteiger charge is -2.18. The topological polar surface area (TPSA) is 78.9 Å². The highest BCUT2D eigenvalue weighted by molar-refractivity contribution is 5.71. The summed E-state index contributed by atoms with van der Waals surface area (Å²) in [5.74, 6) is -0.891. The predicted molar refractivity (Wildman–Crippen MR) is 289 cm³/mol. The van der Waals surface area contributed by atoms with Gasteiger partial charge in [-0.25, -0.2) is 0 Å². The summed E-state index contributed by atoms with van der Waals surface area (Å²) in [6.45, 7) is 6.62. The molecule has 0 radical (unpaired) electrons. The van der Waals surface area contributed by atoms with Crippen LogP contribution in [0.25, 0.3) is 0 Å². The van der Waals surface area contributed by atoms with Crippen molar-refractivity contribution in [2.24, 2.45) is 0 Å². The minimum atomic E-state index is -0.782. The summed E-state index contributed by atoms with van der Waals surface area (Å²) in [6.07, 6.45) is 68.1. The summed E-state index contributed by atoms with van der Waals surface area (Å²) >= 11 is 0. The Kier molecular flexibility index (Phi) is 53.8. The summed E-state index contributed by atoms with van der Waals surface area (Å²) in [6, 6.07) is 0. The second kappa shape index (κ2) is 56.0. The van der Waals surface area contributed by atoms with Crippen LogP contribution in [0.5, 0.6) is 0 Å². The van der Waals surface area contributed by atoms with E-state index >= 15 is 0 Å². The van der Waals surface area contributed by atoms with Crippen LogP contribution in [0.15, 0.2) is 48.6 Å². The van der Waals surface area contributed by atoms with E-state index in [1.54, 1.807) is 0 Å². The molecule has 0 aromatic rings. The smallest absolute Gasteiger partial charge is 0.306 e. The van der Waals surface area contributed by atoms with Gasteiger partial charge >= 0.3 is 17.9 Å². The molecule has 0 saturated heterocycles. The molecule has 0 unspecified atom stereocenters. The summed E-state index contributed by atoms with van der Waals surface area (Å²) in [5.41, 5.74) is 0. The van der Waals surface area contributed by atoms with Crippen LogP contribution in [0.3, 0.4) is 0 Å². The maximum atomic E-state index is 12.9. The highest BCUT2D eigenvalue weighted by atomic mass is 16.6. The van der Waals surface area contributed by atoms with Crippen LogP contribution in [0, 0.1) is 0 Å². The fourth-order valence-corrected chi connectivity index (χ4v) is 8.39. The highest BCUT2D eigenvalue weighted by Gasteiger charge is 2.19. The quantitative estimate of drug-likeness (QED) is 0.0262. The van der Waals surface area contributed by atoms with Gasteiger partial charge in [-0.2, -0.15) is 0 Å². The first-order valence-electron chi connectivity index (χ1n) is 29.1. The minimum Gasteiger partial charge on any atom is -0.462 e. The van der Waals surface area contributed by atoms with E-state index < -0.39 is 6.10 Å². The number of carbonyl (C=O) groups is 3. The van der Waals surface area contributed by atoms with Crippen molar-refractivity contribution in [1.82, 2.24) is 0 Å². The first-order valence-corrected chi connectivity index (χ1v) is 29.1. The van der Waals surface area contributed by atoms with Crippen molar-refractivity contribution in [3.63, 3.8) is 0 Å². The maximum Gasteiger partial charge on any atom is 0.306 e. The number of hydrogen-bond acceptors (Lipinski definition) is 6. The molecule has 0 aliphatic rings. The van der Waals surface area contributed by atoms with Gasteiger partial charge in [0.15, 0.2) is 6.10 Å². The van der Waals surface area contributed by atoms with Crippen molar-refractivity contribution in [3.8, 4) is 0 Å². The van der Waals surface area contributed by atoms with Crippen molar-refractivity contribution >= 4 is 17.9 Å². The molecule has 6 heteroatoms. The standard InChI is InChI=1S/C61H110O6/c1-4-7-10-13-16-19-22-25-28-30-33-36-39-42-45-48-51-54-60(63)66-57-58(56-65-59(62)53-50-47-44-41-38-35-32-27-24-21-18-15-12-9-6-3)67-61(64)55-52-49-46-43-40-37-34-31-29-26-23-20-17-14-11-8-5-2/h16,19,25-26,28-29,33,36,58H,4-15,17-18,20-24,27,30-32,34-35,37-57H2,1-3H3/b19-16+,28-25+,29-26+,36-33+/t58-/m1/s1. The van der Waals surface area contributed by atoms with Crippen LogP contribution in [-0.4, -0.2) is 37.2 Å². The fourth-order valence-electron chi connectivity index (χ4n) is 8.39. The Balaban J connectivity index is 4.40. The molecule has 0 aliphatic heterocycles. The van der Waals surface area contributed by atoms with Crippen LogP contribution in [0.2, 0.25) is 0 Å². The van der Waals surface area contributed by atoms with Gasteiger partial charge in [0.1, 0.15) is 13.2 Å². The predicted octanol–water partition coefficient (Wildman–Crippen LogP) is 19.4. The number of rotatable bonds is 53. The molecule has 0 rings (SSSR count). The molecule has 0 amide bonds. The number of allylic oxidation sites excluding steroid dienone is 8. The Morgan fingerprint density at radius 3 is 0.881 bits per heavy atom. The van der Waals surface area contributed by atoms with Crippen LogP contribution < -0.4 is 0 Å². The van der Waals surface area contributed by atoms with Crippen molar-refractivity contribution < 1.29 is 28.6 Å². The first kappa shape index (κ1) is 64.4. The maximum absolute atomic E-state index is 12.9. The molecule has 390 valence electrons. The third-order valence-corrected chi connectivity index (χ3v) is 12.8. The van der Waals surface area contributed by atoms with E-state index in [2.05, 4.69) is 69.4 Å². The lowest BCUT2D eigenvalue weighted by molar-refractivity contribution is -0.167. The zero-order valence-electron chi connectivity index (χ0n) is 44.7. The van der Waals surface area contributed by atoms with E-state index in [4.69, 9.17) is 14.2 Å². The van der Waals surface area contributed by atoms with E-state index in [1.165, 1.54) is 180 Å². The largest absolute Gasteiger partial charge is 0.462 e. The molecule has 0 spiro atoms. The van der Waals surface area contributed by atoms with Crippen LogP contribution in [0.1, 0.15) is 303 Å². The van der Waals surface area contributed by atoms with Crippen LogP contribution >= 0.6 is 0 Å². The first-order chi connectivity index (χ1) is 33.0. The molecule has 0 bridgehead atoms. The van der Waals surface area contributed by atoms with E-state index in [0.717, 1.165) is 83.5 Å². The Labute approximate surface area is 416 Å². The molecule has 1 atom stereocenters. The summed E-state index contributed by atoms with van der Waals surface area (Å²) in [5, 5.41) is 0. The summed E-state index contributed by atoms with van der Waals surface area (Å²) in [4.78, 5) is 38.2. The van der Waals surface area contributed by atoms with E-state index in [9.17, 15) is 14.4 Å². The summed E-state index contributed by atoms with van der Waals surface area (Å²) in [7, 11) is 0. The van der Waals surface area contributed by atoms with Gasteiger partial charge in [-0.3, -0.25) is 14.4 Å². The molecular weight excluding hydrogens is 829 g/mol. The molecule has 6 nitrogen and oxygen atoms in total. The Morgan fingerprint density at radius 1 is 0.299 bits per heavy atom. The van der Waals surface area contributed by atoms with Gasteiger partial charge in [0.2, 0.25) is 0 Å². The zero-order chi connectivity index (χ0) is 48.6. The monoisotopic (exact) mass is 939 g/mol. The summed E-state index contributed by atoms with van der Waals surface area (Å²) < 4.78 is 16.9. The van der Waals surface area contributed by atoms with Gasteiger partial charge in [-0.15, -0.1) is 0 Å². The Hall–Kier alpha value is -2.63. The molecule has 0 heterocycles. The number of ether oxygens (including phenoxy) is 3.